The molecule has 1 amide bonds. The number of piperazine rings is 1. The molecule has 1 aromatic carbocycles. The second-order valence-corrected chi connectivity index (χ2v) is 8.15. The molecule has 1 saturated heterocycles. The highest BCUT2D eigenvalue weighted by Crippen LogP contribution is 2.34. The van der Waals surface area contributed by atoms with Gasteiger partial charge in [-0.25, -0.2) is 5.01 Å². The summed E-state index contributed by atoms with van der Waals surface area (Å²) in [6.07, 6.45) is 2.67. The fourth-order valence-corrected chi connectivity index (χ4v) is 4.42. The average molecular weight is 414 g/mol. The van der Waals surface area contributed by atoms with Gasteiger partial charge in [-0.05, 0) is 24.7 Å². The fourth-order valence-electron chi connectivity index (χ4n) is 4.18. The van der Waals surface area contributed by atoms with Crippen molar-refractivity contribution in [2.75, 3.05) is 39.3 Å². The quantitative estimate of drug-likeness (QED) is 0.756. The summed E-state index contributed by atoms with van der Waals surface area (Å²) in [5, 5.41) is 7.11. The van der Waals surface area contributed by atoms with Crippen LogP contribution < -0.4 is 0 Å². The first kappa shape index (κ1) is 20.1. The van der Waals surface area contributed by atoms with Crippen molar-refractivity contribution in [1.82, 2.24) is 19.4 Å². The van der Waals surface area contributed by atoms with Crippen LogP contribution in [0.4, 0.5) is 0 Å². The molecule has 2 aliphatic rings. The molecule has 4 rings (SSSR count). The summed E-state index contributed by atoms with van der Waals surface area (Å²) in [6, 6.07) is 11.7. The molecule has 1 atom stereocenters. The number of halogens is 1. The van der Waals surface area contributed by atoms with E-state index >= 15 is 0 Å². The Balaban J connectivity index is 1.56. The summed E-state index contributed by atoms with van der Waals surface area (Å²) in [4.78, 5) is 17.9. The van der Waals surface area contributed by atoms with E-state index in [2.05, 4.69) is 27.4 Å². The number of benzene rings is 1. The first-order chi connectivity index (χ1) is 14.1. The third-order valence-electron chi connectivity index (χ3n) is 5.95. The highest BCUT2D eigenvalue weighted by molar-refractivity contribution is 6.34. The Bertz CT molecular complexity index is 900. The van der Waals surface area contributed by atoms with Crippen LogP contribution in [0.2, 0.25) is 5.02 Å². The molecule has 29 heavy (non-hydrogen) atoms. The third-order valence-corrected chi connectivity index (χ3v) is 6.28. The summed E-state index contributed by atoms with van der Waals surface area (Å²) in [5.74, 6) is 0.0446. The molecule has 0 aliphatic carbocycles. The standard InChI is InChI=1S/C22H28ClN5O/c1-3-26-11-13-27(14-12-26)16-22(29)28-21(20-9-6-10-25(20)2)15-19(24-28)17-7-4-5-8-18(17)23/h4-10,21H,3,11-16H2,1-2H3. The molecule has 7 heteroatoms. The van der Waals surface area contributed by atoms with Crippen LogP contribution in [0.5, 0.6) is 0 Å². The normalized spacial score (nSPS) is 20.9. The van der Waals surface area contributed by atoms with E-state index in [-0.39, 0.29) is 11.9 Å². The van der Waals surface area contributed by atoms with Gasteiger partial charge >= 0.3 is 0 Å². The van der Waals surface area contributed by atoms with Gasteiger partial charge in [0.1, 0.15) is 6.04 Å². The molecule has 0 saturated carbocycles. The lowest BCUT2D eigenvalue weighted by molar-refractivity contribution is -0.134. The van der Waals surface area contributed by atoms with Crippen molar-refractivity contribution in [3.05, 3.63) is 58.9 Å². The Morgan fingerprint density at radius 1 is 1.10 bits per heavy atom. The van der Waals surface area contributed by atoms with Crippen LogP contribution in [0.1, 0.15) is 30.6 Å². The van der Waals surface area contributed by atoms with Crippen LogP contribution in [0.25, 0.3) is 0 Å². The van der Waals surface area contributed by atoms with Gasteiger partial charge in [0, 0.05) is 62.1 Å². The van der Waals surface area contributed by atoms with E-state index in [9.17, 15) is 4.79 Å². The first-order valence-electron chi connectivity index (χ1n) is 10.3. The number of carbonyl (C=O) groups excluding carboxylic acids is 1. The van der Waals surface area contributed by atoms with Crippen molar-refractivity contribution >= 4 is 23.2 Å². The number of hydrogen-bond donors (Lipinski definition) is 0. The van der Waals surface area contributed by atoms with Gasteiger partial charge in [-0.3, -0.25) is 9.69 Å². The third kappa shape index (κ3) is 4.25. The molecule has 0 bridgehead atoms. The van der Waals surface area contributed by atoms with Gasteiger partial charge in [0.2, 0.25) is 0 Å². The zero-order valence-corrected chi connectivity index (χ0v) is 17.8. The lowest BCUT2D eigenvalue weighted by Crippen LogP contribution is -2.49. The molecular weight excluding hydrogens is 386 g/mol. The van der Waals surface area contributed by atoms with E-state index in [1.54, 1.807) is 5.01 Å². The van der Waals surface area contributed by atoms with Crippen molar-refractivity contribution in [3.8, 4) is 0 Å². The van der Waals surface area contributed by atoms with Crippen molar-refractivity contribution in [3.63, 3.8) is 0 Å². The molecule has 0 radical (unpaired) electrons. The monoisotopic (exact) mass is 413 g/mol. The van der Waals surface area contributed by atoms with E-state index < -0.39 is 0 Å². The van der Waals surface area contributed by atoms with Gasteiger partial charge in [0.05, 0.1) is 12.3 Å². The van der Waals surface area contributed by atoms with Crippen molar-refractivity contribution in [1.29, 1.82) is 0 Å². The number of aromatic nitrogens is 1. The second kappa shape index (κ2) is 8.69. The minimum Gasteiger partial charge on any atom is -0.353 e. The van der Waals surface area contributed by atoms with Crippen LogP contribution in [0.15, 0.2) is 47.7 Å². The largest absolute Gasteiger partial charge is 0.353 e. The smallest absolute Gasteiger partial charge is 0.257 e. The lowest BCUT2D eigenvalue weighted by Gasteiger charge is -2.34. The molecule has 3 heterocycles. The Kier molecular flexibility index (Phi) is 6.04. The molecule has 1 fully saturated rings. The zero-order valence-electron chi connectivity index (χ0n) is 17.1. The lowest BCUT2D eigenvalue weighted by atomic mass is 10.0. The van der Waals surface area contributed by atoms with Crippen molar-refractivity contribution in [2.24, 2.45) is 12.1 Å². The second-order valence-electron chi connectivity index (χ2n) is 7.74. The van der Waals surface area contributed by atoms with Crippen LogP contribution in [0, 0.1) is 0 Å². The Morgan fingerprint density at radius 3 is 2.48 bits per heavy atom. The molecule has 2 aliphatic heterocycles. The molecule has 1 unspecified atom stereocenters. The summed E-state index contributed by atoms with van der Waals surface area (Å²) in [6.45, 7) is 7.51. The first-order valence-corrected chi connectivity index (χ1v) is 10.6. The van der Waals surface area contributed by atoms with Crippen molar-refractivity contribution in [2.45, 2.75) is 19.4 Å². The van der Waals surface area contributed by atoms with E-state index in [1.807, 2.05) is 43.6 Å². The van der Waals surface area contributed by atoms with Gasteiger partial charge in [0.15, 0.2) is 0 Å². The molecule has 1 aromatic heterocycles. The highest BCUT2D eigenvalue weighted by atomic mass is 35.5. The Morgan fingerprint density at radius 2 is 1.83 bits per heavy atom. The molecule has 0 N–H and O–H groups in total. The Labute approximate surface area is 177 Å². The Hall–Kier alpha value is -2.15. The molecular formula is C22H28ClN5O. The number of rotatable bonds is 5. The van der Waals surface area contributed by atoms with E-state index in [1.165, 1.54) is 0 Å². The predicted molar refractivity (Wildman–Crippen MR) is 116 cm³/mol. The number of carbonyl (C=O) groups is 1. The number of amides is 1. The zero-order chi connectivity index (χ0) is 20.4. The van der Waals surface area contributed by atoms with Gasteiger partial charge in [-0.2, -0.15) is 5.10 Å². The van der Waals surface area contributed by atoms with Crippen LogP contribution in [-0.2, 0) is 11.8 Å². The SMILES string of the molecule is CCN1CCN(CC(=O)N2N=C(c3ccccc3Cl)CC2c2cccn2C)CC1. The molecule has 2 aromatic rings. The summed E-state index contributed by atoms with van der Waals surface area (Å²) in [7, 11) is 2.01. The van der Waals surface area contributed by atoms with E-state index in [0.29, 0.717) is 18.0 Å². The van der Waals surface area contributed by atoms with E-state index in [0.717, 1.165) is 49.7 Å². The molecule has 154 valence electrons. The molecule has 6 nitrogen and oxygen atoms in total. The predicted octanol–water partition coefficient (Wildman–Crippen LogP) is 2.99. The number of nitrogens with zero attached hydrogens (tertiary/aromatic N) is 5. The van der Waals surface area contributed by atoms with Crippen LogP contribution in [0.3, 0.4) is 0 Å². The van der Waals surface area contributed by atoms with Crippen molar-refractivity contribution < 1.29 is 4.79 Å². The van der Waals surface area contributed by atoms with Gasteiger partial charge in [0.25, 0.3) is 5.91 Å². The summed E-state index contributed by atoms with van der Waals surface area (Å²) >= 11 is 6.42. The number of hydrogen-bond acceptors (Lipinski definition) is 4. The van der Waals surface area contributed by atoms with Gasteiger partial charge < -0.3 is 9.47 Å². The number of likely N-dealkylation sites (N-methyl/N-ethyl adjacent to an activating group) is 1. The number of hydrazone groups is 1. The topological polar surface area (TPSA) is 44.1 Å². The van der Waals surface area contributed by atoms with Crippen LogP contribution in [-0.4, -0.2) is 70.3 Å². The maximum atomic E-state index is 13.3. The highest BCUT2D eigenvalue weighted by Gasteiger charge is 2.35. The summed E-state index contributed by atoms with van der Waals surface area (Å²) < 4.78 is 2.07. The molecule has 0 spiro atoms. The summed E-state index contributed by atoms with van der Waals surface area (Å²) in [5.41, 5.74) is 2.85. The van der Waals surface area contributed by atoms with Crippen LogP contribution >= 0.6 is 11.6 Å². The fraction of sp³-hybridized carbons (Fsp3) is 0.455. The minimum atomic E-state index is -0.106. The van der Waals surface area contributed by atoms with Gasteiger partial charge in [-0.15, -0.1) is 0 Å². The van der Waals surface area contributed by atoms with E-state index in [4.69, 9.17) is 16.7 Å². The minimum absolute atomic E-state index is 0.0446. The number of aryl methyl sites for hydroxylation is 1. The average Bonchev–Trinajstić information content (AvgIpc) is 3.35. The maximum Gasteiger partial charge on any atom is 0.257 e. The van der Waals surface area contributed by atoms with Gasteiger partial charge in [-0.1, -0.05) is 36.7 Å². The maximum absolute atomic E-state index is 13.3.